The minimum Gasteiger partial charge on any atom is -0.393 e. The van der Waals surface area contributed by atoms with Crippen LogP contribution in [-0.2, 0) is 6.54 Å². The summed E-state index contributed by atoms with van der Waals surface area (Å²) in [6.07, 6.45) is -3.09. The van der Waals surface area contributed by atoms with Gasteiger partial charge in [-0.15, -0.1) is 0 Å². The molecular formula is C8H10F3N3O3. The Bertz CT molecular complexity index is 418. The Labute approximate surface area is 93.4 Å². The van der Waals surface area contributed by atoms with Gasteiger partial charge in [-0.1, -0.05) is 0 Å². The average Bonchev–Trinajstić information content (AvgIpc) is 2.64. The molecule has 0 aliphatic carbocycles. The number of halogens is 3. The molecule has 1 heterocycles. The lowest BCUT2D eigenvalue weighted by atomic mass is 10.1. The lowest BCUT2D eigenvalue weighted by Crippen LogP contribution is -2.51. The Morgan fingerprint density at radius 3 is 2.47 bits per heavy atom. The van der Waals surface area contributed by atoms with Gasteiger partial charge in [0.1, 0.15) is 0 Å². The summed E-state index contributed by atoms with van der Waals surface area (Å²) in [5.74, 6) is -0.851. The lowest BCUT2D eigenvalue weighted by Gasteiger charge is -2.28. The van der Waals surface area contributed by atoms with Crippen LogP contribution in [-0.4, -0.2) is 44.3 Å². The summed E-state index contributed by atoms with van der Waals surface area (Å²) in [5.41, 5.74) is 1.48. The van der Waals surface area contributed by atoms with Gasteiger partial charge in [0, 0.05) is 6.20 Å². The number of carbonyl (C=O) groups is 1. The van der Waals surface area contributed by atoms with Crippen LogP contribution in [0.4, 0.5) is 13.2 Å². The van der Waals surface area contributed by atoms with Gasteiger partial charge in [-0.25, -0.2) is 0 Å². The highest BCUT2D eigenvalue weighted by Crippen LogP contribution is 2.31. The molecule has 17 heavy (non-hydrogen) atoms. The molecule has 1 aromatic rings. The van der Waals surface area contributed by atoms with E-state index in [0.29, 0.717) is 4.68 Å². The van der Waals surface area contributed by atoms with Crippen molar-refractivity contribution in [2.45, 2.75) is 18.3 Å². The number of hydrogen-bond acceptors (Lipinski definition) is 4. The molecule has 1 atom stereocenters. The number of carbonyl (C=O) groups excluding carboxylic acids is 1. The maximum Gasteiger partial charge on any atom is 0.421 e. The SMILES string of the molecule is NC(=O)c1cnn(CC(O)(CO)C(F)(F)F)c1. The lowest BCUT2D eigenvalue weighted by molar-refractivity contribution is -0.276. The predicted octanol–water partition coefficient (Wildman–Crippen LogP) is -0.732. The van der Waals surface area contributed by atoms with E-state index in [0.717, 1.165) is 12.4 Å². The van der Waals surface area contributed by atoms with E-state index in [1.807, 2.05) is 0 Å². The first-order chi connectivity index (χ1) is 7.69. The van der Waals surface area contributed by atoms with Crippen molar-refractivity contribution < 1.29 is 28.2 Å². The third-order valence-corrected chi connectivity index (χ3v) is 2.13. The Hall–Kier alpha value is -1.61. The molecular weight excluding hydrogens is 243 g/mol. The van der Waals surface area contributed by atoms with Gasteiger partial charge in [0.25, 0.3) is 5.91 Å². The van der Waals surface area contributed by atoms with E-state index in [1.165, 1.54) is 0 Å². The fourth-order valence-electron chi connectivity index (χ4n) is 1.07. The van der Waals surface area contributed by atoms with Crippen LogP contribution >= 0.6 is 0 Å². The number of nitrogens with two attached hydrogens (primary N) is 1. The topological polar surface area (TPSA) is 101 Å². The van der Waals surface area contributed by atoms with Crippen molar-refractivity contribution in [2.24, 2.45) is 5.73 Å². The third kappa shape index (κ3) is 2.74. The zero-order chi connectivity index (χ0) is 13.3. The van der Waals surface area contributed by atoms with Gasteiger partial charge in [-0.2, -0.15) is 18.3 Å². The van der Waals surface area contributed by atoms with Crippen molar-refractivity contribution in [1.29, 1.82) is 0 Å². The van der Waals surface area contributed by atoms with Gasteiger partial charge in [-0.3, -0.25) is 9.48 Å². The summed E-state index contributed by atoms with van der Waals surface area (Å²) < 4.78 is 37.9. The van der Waals surface area contributed by atoms with E-state index in [4.69, 9.17) is 10.8 Å². The van der Waals surface area contributed by atoms with E-state index in [2.05, 4.69) is 5.10 Å². The fraction of sp³-hybridized carbons (Fsp3) is 0.500. The molecule has 0 aliphatic heterocycles. The molecule has 0 fully saturated rings. The second kappa shape index (κ2) is 4.34. The number of alkyl halides is 3. The minimum absolute atomic E-state index is 0.0903. The van der Waals surface area contributed by atoms with Gasteiger partial charge >= 0.3 is 6.18 Å². The van der Waals surface area contributed by atoms with E-state index in [1.54, 1.807) is 0 Å². The fourth-order valence-corrected chi connectivity index (χ4v) is 1.07. The quantitative estimate of drug-likeness (QED) is 0.658. The van der Waals surface area contributed by atoms with Crippen molar-refractivity contribution >= 4 is 5.91 Å². The van der Waals surface area contributed by atoms with Crippen molar-refractivity contribution in [2.75, 3.05) is 6.61 Å². The highest BCUT2D eigenvalue weighted by molar-refractivity contribution is 5.92. The van der Waals surface area contributed by atoms with Crippen molar-refractivity contribution in [1.82, 2.24) is 9.78 Å². The number of hydrogen-bond donors (Lipinski definition) is 3. The largest absolute Gasteiger partial charge is 0.421 e. The molecule has 0 saturated heterocycles. The third-order valence-electron chi connectivity index (χ3n) is 2.13. The van der Waals surface area contributed by atoms with Crippen LogP contribution in [0.1, 0.15) is 10.4 Å². The molecule has 6 nitrogen and oxygen atoms in total. The first-order valence-electron chi connectivity index (χ1n) is 4.42. The normalized spacial score (nSPS) is 15.6. The van der Waals surface area contributed by atoms with Crippen molar-refractivity contribution in [3.05, 3.63) is 18.0 Å². The highest BCUT2D eigenvalue weighted by atomic mass is 19.4. The van der Waals surface area contributed by atoms with Crippen LogP contribution in [0.3, 0.4) is 0 Å². The summed E-state index contributed by atoms with van der Waals surface area (Å²) in [6.45, 7) is -2.54. The number of aliphatic hydroxyl groups is 2. The maximum absolute atomic E-state index is 12.4. The number of primary amides is 1. The molecule has 0 radical (unpaired) electrons. The van der Waals surface area contributed by atoms with Crippen LogP contribution in [0.2, 0.25) is 0 Å². The van der Waals surface area contributed by atoms with Crippen LogP contribution in [0.15, 0.2) is 12.4 Å². The van der Waals surface area contributed by atoms with Crippen LogP contribution in [0.5, 0.6) is 0 Å². The molecule has 0 spiro atoms. The van der Waals surface area contributed by atoms with Gasteiger partial charge in [0.2, 0.25) is 5.60 Å². The molecule has 9 heteroatoms. The number of aromatic nitrogens is 2. The summed E-state index contributed by atoms with van der Waals surface area (Å²) >= 11 is 0. The van der Waals surface area contributed by atoms with Crippen LogP contribution in [0, 0.1) is 0 Å². The molecule has 1 rings (SSSR count). The van der Waals surface area contributed by atoms with Gasteiger partial charge < -0.3 is 15.9 Å². The number of rotatable bonds is 4. The van der Waals surface area contributed by atoms with Crippen molar-refractivity contribution in [3.8, 4) is 0 Å². The molecule has 1 aromatic heterocycles. The molecule has 0 bridgehead atoms. The standard InChI is InChI=1S/C8H10F3N3O3/c9-8(10,11)7(17,4-15)3-14-2-5(1-13-14)6(12)16/h1-2,15,17H,3-4H2,(H2,12,16). The zero-order valence-electron chi connectivity index (χ0n) is 8.48. The van der Waals surface area contributed by atoms with E-state index in [9.17, 15) is 23.1 Å². The number of amides is 1. The van der Waals surface area contributed by atoms with E-state index in [-0.39, 0.29) is 5.56 Å². The van der Waals surface area contributed by atoms with E-state index < -0.39 is 30.8 Å². The summed E-state index contributed by atoms with van der Waals surface area (Å²) in [5, 5.41) is 21.2. The predicted molar refractivity (Wildman–Crippen MR) is 48.8 cm³/mol. The molecule has 0 aliphatic rings. The first-order valence-corrected chi connectivity index (χ1v) is 4.42. The minimum atomic E-state index is -5.01. The summed E-state index contributed by atoms with van der Waals surface area (Å²) in [4.78, 5) is 10.7. The smallest absolute Gasteiger partial charge is 0.393 e. The van der Waals surface area contributed by atoms with Gasteiger partial charge in [-0.05, 0) is 0 Å². The van der Waals surface area contributed by atoms with Crippen LogP contribution in [0.25, 0.3) is 0 Å². The molecule has 4 N–H and O–H groups in total. The summed E-state index contributed by atoms with van der Waals surface area (Å²) in [7, 11) is 0. The van der Waals surface area contributed by atoms with Gasteiger partial charge in [0.05, 0.1) is 24.9 Å². The Balaban J connectivity index is 2.92. The molecule has 0 saturated carbocycles. The van der Waals surface area contributed by atoms with E-state index >= 15 is 0 Å². The number of aliphatic hydroxyl groups excluding tert-OH is 1. The first kappa shape index (κ1) is 13.5. The Morgan fingerprint density at radius 2 is 2.12 bits per heavy atom. The number of nitrogens with zero attached hydrogens (tertiary/aromatic N) is 2. The molecule has 96 valence electrons. The molecule has 1 unspecified atom stereocenters. The van der Waals surface area contributed by atoms with Crippen molar-refractivity contribution in [3.63, 3.8) is 0 Å². The Morgan fingerprint density at radius 1 is 1.53 bits per heavy atom. The summed E-state index contributed by atoms with van der Waals surface area (Å²) in [6, 6.07) is 0. The molecule has 0 aromatic carbocycles. The molecule has 1 amide bonds. The average molecular weight is 253 g/mol. The second-order valence-corrected chi connectivity index (χ2v) is 3.48. The van der Waals surface area contributed by atoms with Crippen LogP contribution < -0.4 is 5.73 Å². The second-order valence-electron chi connectivity index (χ2n) is 3.48. The Kier molecular flexibility index (Phi) is 3.43. The maximum atomic E-state index is 12.4. The highest BCUT2D eigenvalue weighted by Gasteiger charge is 2.53. The van der Waals surface area contributed by atoms with Gasteiger partial charge in [0.15, 0.2) is 0 Å². The monoisotopic (exact) mass is 253 g/mol. The zero-order valence-corrected chi connectivity index (χ0v) is 8.48.